The molecule has 2 atom stereocenters. The molecule has 1 fully saturated rings. The average molecular weight is 345 g/mol. The number of nitrogens with zero attached hydrogens (tertiary/aromatic N) is 4. The summed E-state index contributed by atoms with van der Waals surface area (Å²) in [6, 6.07) is 5.96. The van der Waals surface area contributed by atoms with Crippen molar-refractivity contribution in [1.29, 1.82) is 0 Å². The van der Waals surface area contributed by atoms with Crippen molar-refractivity contribution in [2.45, 2.75) is 24.9 Å². The van der Waals surface area contributed by atoms with Gasteiger partial charge in [-0.15, -0.1) is 11.3 Å². The van der Waals surface area contributed by atoms with E-state index in [1.165, 1.54) is 4.88 Å². The summed E-state index contributed by atoms with van der Waals surface area (Å²) >= 11 is 1.72. The Morgan fingerprint density at radius 3 is 2.88 bits per heavy atom. The summed E-state index contributed by atoms with van der Waals surface area (Å²) in [7, 11) is 4.08. The lowest BCUT2D eigenvalue weighted by atomic mass is 10.2. The molecule has 0 unspecified atom stereocenters. The maximum Gasteiger partial charge on any atom is 0.242 e. The normalized spacial score (nSPS) is 18.8. The van der Waals surface area contributed by atoms with E-state index in [0.717, 1.165) is 19.4 Å². The SMILES string of the molecule is CN(C)[C@@H](CNC(=O)[C@H]1CCCN1c1ncccn1)c1cccs1. The van der Waals surface area contributed by atoms with E-state index < -0.39 is 0 Å². The standard InChI is InChI=1S/C17H23N5OS/c1-21(2)14(15-7-4-11-24-15)12-20-16(23)13-6-3-10-22(13)17-18-8-5-9-19-17/h4-5,7-9,11,13-14H,3,6,10,12H2,1-2H3,(H,20,23)/t13-,14+/m1/s1. The van der Waals surface area contributed by atoms with Gasteiger partial charge in [0.1, 0.15) is 6.04 Å². The van der Waals surface area contributed by atoms with Crippen LogP contribution in [0.3, 0.4) is 0 Å². The lowest BCUT2D eigenvalue weighted by Gasteiger charge is -2.27. The van der Waals surface area contributed by atoms with Gasteiger partial charge in [-0.25, -0.2) is 9.97 Å². The van der Waals surface area contributed by atoms with Gasteiger partial charge < -0.3 is 15.1 Å². The van der Waals surface area contributed by atoms with Crippen LogP contribution in [0.5, 0.6) is 0 Å². The predicted octanol–water partition coefficient (Wildman–Crippen LogP) is 1.93. The molecule has 1 N–H and O–H groups in total. The monoisotopic (exact) mass is 345 g/mol. The highest BCUT2D eigenvalue weighted by Crippen LogP contribution is 2.24. The summed E-state index contributed by atoms with van der Waals surface area (Å²) in [5.41, 5.74) is 0. The summed E-state index contributed by atoms with van der Waals surface area (Å²) in [6.07, 6.45) is 5.26. The average Bonchev–Trinajstić information content (AvgIpc) is 3.27. The molecule has 0 bridgehead atoms. The summed E-state index contributed by atoms with van der Waals surface area (Å²) in [6.45, 7) is 1.43. The minimum Gasteiger partial charge on any atom is -0.352 e. The van der Waals surface area contributed by atoms with Crippen LogP contribution in [0.4, 0.5) is 5.95 Å². The van der Waals surface area contributed by atoms with Gasteiger partial charge in [0.25, 0.3) is 0 Å². The van der Waals surface area contributed by atoms with Crippen molar-refractivity contribution in [3.05, 3.63) is 40.8 Å². The first-order valence-corrected chi connectivity index (χ1v) is 9.06. The Kier molecular flexibility index (Phi) is 5.42. The number of nitrogens with one attached hydrogen (secondary N) is 1. The molecule has 0 aromatic carbocycles. The highest BCUT2D eigenvalue weighted by molar-refractivity contribution is 7.10. The molecule has 1 aliphatic rings. The Balaban J connectivity index is 1.64. The van der Waals surface area contributed by atoms with Crippen LogP contribution >= 0.6 is 11.3 Å². The maximum absolute atomic E-state index is 12.7. The van der Waals surface area contributed by atoms with Crippen LogP contribution in [0.25, 0.3) is 0 Å². The Bertz CT molecular complexity index is 646. The number of aromatic nitrogens is 2. The van der Waals surface area contributed by atoms with Gasteiger partial charge in [0, 0.05) is 30.4 Å². The van der Waals surface area contributed by atoms with Gasteiger partial charge in [0.05, 0.1) is 6.04 Å². The highest BCUT2D eigenvalue weighted by Gasteiger charge is 2.32. The van der Waals surface area contributed by atoms with E-state index in [9.17, 15) is 4.79 Å². The van der Waals surface area contributed by atoms with Crippen LogP contribution in [0.2, 0.25) is 0 Å². The van der Waals surface area contributed by atoms with E-state index in [0.29, 0.717) is 12.5 Å². The fraction of sp³-hybridized carbons (Fsp3) is 0.471. The van der Waals surface area contributed by atoms with Gasteiger partial charge in [-0.05, 0) is 44.4 Å². The zero-order valence-electron chi connectivity index (χ0n) is 14.1. The first kappa shape index (κ1) is 16.9. The molecule has 2 aromatic heterocycles. The third kappa shape index (κ3) is 3.73. The van der Waals surface area contributed by atoms with Crippen molar-refractivity contribution in [1.82, 2.24) is 20.2 Å². The Morgan fingerprint density at radius 1 is 1.42 bits per heavy atom. The zero-order valence-corrected chi connectivity index (χ0v) is 14.9. The number of thiophene rings is 1. The van der Waals surface area contributed by atoms with Gasteiger partial charge in [0.15, 0.2) is 0 Å². The van der Waals surface area contributed by atoms with Crippen LogP contribution in [-0.4, -0.2) is 54.0 Å². The molecular formula is C17H23N5OS. The van der Waals surface area contributed by atoms with E-state index in [2.05, 4.69) is 31.6 Å². The third-order valence-electron chi connectivity index (χ3n) is 4.33. The van der Waals surface area contributed by atoms with Crippen molar-refractivity contribution in [2.24, 2.45) is 0 Å². The minimum atomic E-state index is -0.182. The molecular weight excluding hydrogens is 322 g/mol. The Labute approximate surface area is 146 Å². The molecule has 24 heavy (non-hydrogen) atoms. The van der Waals surface area contributed by atoms with Crippen LogP contribution in [0.1, 0.15) is 23.8 Å². The molecule has 6 nitrogen and oxygen atoms in total. The highest BCUT2D eigenvalue weighted by atomic mass is 32.1. The van der Waals surface area contributed by atoms with Crippen LogP contribution < -0.4 is 10.2 Å². The Morgan fingerprint density at radius 2 is 2.21 bits per heavy atom. The van der Waals surface area contributed by atoms with Gasteiger partial charge in [-0.2, -0.15) is 0 Å². The Hall–Kier alpha value is -1.99. The van der Waals surface area contributed by atoms with Gasteiger partial charge in [-0.1, -0.05) is 6.07 Å². The van der Waals surface area contributed by atoms with Gasteiger partial charge >= 0.3 is 0 Å². The predicted molar refractivity (Wildman–Crippen MR) is 96.2 cm³/mol. The zero-order chi connectivity index (χ0) is 16.9. The number of carbonyl (C=O) groups is 1. The number of hydrogen-bond acceptors (Lipinski definition) is 6. The van der Waals surface area contributed by atoms with Crippen LogP contribution in [0.15, 0.2) is 36.0 Å². The molecule has 3 heterocycles. The fourth-order valence-corrected chi connectivity index (χ4v) is 3.97. The second-order valence-corrected chi connectivity index (χ2v) is 7.12. The number of carbonyl (C=O) groups excluding carboxylic acids is 1. The summed E-state index contributed by atoms with van der Waals surface area (Å²) in [5, 5.41) is 5.19. The van der Waals surface area contributed by atoms with Gasteiger partial charge in [-0.3, -0.25) is 4.79 Å². The molecule has 1 amide bonds. The van der Waals surface area contributed by atoms with Crippen LogP contribution in [0, 0.1) is 0 Å². The van der Waals surface area contributed by atoms with Gasteiger partial charge in [0.2, 0.25) is 11.9 Å². The van der Waals surface area contributed by atoms with Crippen LogP contribution in [-0.2, 0) is 4.79 Å². The number of likely N-dealkylation sites (N-methyl/N-ethyl adjacent to an activating group) is 1. The van der Waals surface area contributed by atoms with Crippen molar-refractivity contribution < 1.29 is 4.79 Å². The molecule has 0 saturated carbocycles. The number of rotatable bonds is 6. The second-order valence-electron chi connectivity index (χ2n) is 6.14. The number of hydrogen-bond donors (Lipinski definition) is 1. The topological polar surface area (TPSA) is 61.4 Å². The third-order valence-corrected chi connectivity index (χ3v) is 5.30. The number of anilines is 1. The summed E-state index contributed by atoms with van der Waals surface area (Å²) in [5.74, 6) is 0.695. The molecule has 0 spiro atoms. The van der Waals surface area contributed by atoms with E-state index in [1.807, 2.05) is 25.1 Å². The largest absolute Gasteiger partial charge is 0.352 e. The lowest BCUT2D eigenvalue weighted by Crippen LogP contribution is -2.46. The molecule has 128 valence electrons. The first-order valence-electron chi connectivity index (χ1n) is 8.18. The molecule has 1 saturated heterocycles. The molecule has 0 aliphatic carbocycles. The van der Waals surface area contributed by atoms with E-state index >= 15 is 0 Å². The van der Waals surface area contributed by atoms with Crippen molar-refractivity contribution in [2.75, 3.05) is 32.1 Å². The minimum absolute atomic E-state index is 0.0587. The van der Waals surface area contributed by atoms with Crippen molar-refractivity contribution in [3.63, 3.8) is 0 Å². The first-order chi connectivity index (χ1) is 11.7. The van der Waals surface area contributed by atoms with E-state index in [1.54, 1.807) is 29.8 Å². The summed E-state index contributed by atoms with van der Waals surface area (Å²) in [4.78, 5) is 26.7. The number of amides is 1. The van der Waals surface area contributed by atoms with Crippen molar-refractivity contribution in [3.8, 4) is 0 Å². The van der Waals surface area contributed by atoms with E-state index in [4.69, 9.17) is 0 Å². The molecule has 3 rings (SSSR count). The summed E-state index contributed by atoms with van der Waals surface area (Å²) < 4.78 is 0. The molecule has 2 aromatic rings. The van der Waals surface area contributed by atoms with Crippen molar-refractivity contribution >= 4 is 23.2 Å². The van der Waals surface area contributed by atoms with E-state index in [-0.39, 0.29) is 18.0 Å². The maximum atomic E-state index is 12.7. The molecule has 1 aliphatic heterocycles. The second kappa shape index (κ2) is 7.72. The quantitative estimate of drug-likeness (QED) is 0.867. The molecule has 7 heteroatoms. The smallest absolute Gasteiger partial charge is 0.242 e. The molecule has 0 radical (unpaired) electrons. The lowest BCUT2D eigenvalue weighted by molar-refractivity contribution is -0.122. The fourth-order valence-electron chi connectivity index (χ4n) is 3.05.